The summed E-state index contributed by atoms with van der Waals surface area (Å²) in [4.78, 5) is 19.3. The first-order chi connectivity index (χ1) is 11.5. The van der Waals surface area contributed by atoms with Crippen LogP contribution < -0.4 is 0 Å². The second-order valence-electron chi connectivity index (χ2n) is 6.69. The minimum Gasteiger partial charge on any atom is -0.340 e. The Hall–Kier alpha value is -2.11. The van der Waals surface area contributed by atoms with Crippen LogP contribution in [0, 0.1) is 13.8 Å². The second kappa shape index (κ2) is 6.79. The molecule has 3 rings (SSSR count). The molecule has 6 heteroatoms. The average molecular weight is 329 g/mol. The van der Waals surface area contributed by atoms with Crippen LogP contribution >= 0.6 is 0 Å². The quantitative estimate of drug-likeness (QED) is 0.864. The lowest BCUT2D eigenvalue weighted by Crippen LogP contribution is -2.41. The Morgan fingerprint density at radius 3 is 2.83 bits per heavy atom. The van der Waals surface area contributed by atoms with Crippen molar-refractivity contribution in [2.75, 3.05) is 13.1 Å². The first kappa shape index (κ1) is 16.7. The maximum Gasteiger partial charge on any atom is 0.227 e. The third-order valence-corrected chi connectivity index (χ3v) is 5.19. The molecule has 0 aliphatic carbocycles. The number of imidazole rings is 1. The van der Waals surface area contributed by atoms with Crippen LogP contribution in [0.4, 0.5) is 0 Å². The van der Waals surface area contributed by atoms with Crippen molar-refractivity contribution < 1.29 is 4.79 Å². The van der Waals surface area contributed by atoms with Crippen molar-refractivity contribution in [3.05, 3.63) is 35.2 Å². The zero-order valence-electron chi connectivity index (χ0n) is 15.1. The van der Waals surface area contributed by atoms with Crippen molar-refractivity contribution in [1.29, 1.82) is 0 Å². The van der Waals surface area contributed by atoms with Crippen LogP contribution in [0.2, 0.25) is 0 Å². The molecule has 2 aromatic rings. The molecule has 0 bridgehead atoms. The van der Waals surface area contributed by atoms with E-state index >= 15 is 0 Å². The first-order valence-electron chi connectivity index (χ1n) is 8.79. The largest absolute Gasteiger partial charge is 0.340 e. The van der Waals surface area contributed by atoms with Gasteiger partial charge in [-0.3, -0.25) is 9.48 Å². The zero-order valence-corrected chi connectivity index (χ0v) is 15.1. The van der Waals surface area contributed by atoms with Crippen LogP contribution in [0.3, 0.4) is 0 Å². The molecular formula is C18H27N5O. The Kier molecular flexibility index (Phi) is 4.73. The minimum absolute atomic E-state index is 0.206. The van der Waals surface area contributed by atoms with E-state index in [1.807, 2.05) is 42.9 Å². The Bertz CT molecular complexity index is 730. The molecule has 0 saturated carbocycles. The predicted molar refractivity (Wildman–Crippen MR) is 92.8 cm³/mol. The van der Waals surface area contributed by atoms with E-state index in [1.54, 1.807) is 0 Å². The van der Waals surface area contributed by atoms with Gasteiger partial charge in [0.1, 0.15) is 5.82 Å². The number of aromatic nitrogens is 4. The number of nitrogens with zero attached hydrogens (tertiary/aromatic N) is 5. The molecule has 1 atom stereocenters. The molecule has 2 aromatic heterocycles. The van der Waals surface area contributed by atoms with Gasteiger partial charge in [-0.05, 0) is 26.7 Å². The maximum atomic E-state index is 12.8. The lowest BCUT2D eigenvalue weighted by atomic mass is 10.0. The molecule has 0 unspecified atom stereocenters. The van der Waals surface area contributed by atoms with E-state index in [2.05, 4.69) is 21.6 Å². The van der Waals surface area contributed by atoms with Gasteiger partial charge in [-0.1, -0.05) is 6.92 Å². The van der Waals surface area contributed by atoms with Crippen LogP contribution in [0.25, 0.3) is 0 Å². The molecule has 1 aliphatic rings. The smallest absolute Gasteiger partial charge is 0.227 e. The molecule has 1 saturated heterocycles. The molecule has 0 N–H and O–H groups in total. The SMILES string of the molecule is CCc1nccn1[C@@H]1CCCN(C(=O)Cc2c(C)nn(C)c2C)C1. The summed E-state index contributed by atoms with van der Waals surface area (Å²) in [6.45, 7) is 7.76. The lowest BCUT2D eigenvalue weighted by molar-refractivity contribution is -0.132. The van der Waals surface area contributed by atoms with Gasteiger partial charge in [-0.2, -0.15) is 5.10 Å². The highest BCUT2D eigenvalue weighted by Gasteiger charge is 2.26. The zero-order chi connectivity index (χ0) is 17.3. The molecule has 130 valence electrons. The molecule has 0 radical (unpaired) electrons. The number of hydrogen-bond acceptors (Lipinski definition) is 3. The van der Waals surface area contributed by atoms with Gasteiger partial charge in [0.2, 0.25) is 5.91 Å². The van der Waals surface area contributed by atoms with Crippen LogP contribution in [0.5, 0.6) is 0 Å². The summed E-state index contributed by atoms with van der Waals surface area (Å²) in [5.41, 5.74) is 3.11. The van der Waals surface area contributed by atoms with E-state index < -0.39 is 0 Å². The van der Waals surface area contributed by atoms with Gasteiger partial charge < -0.3 is 9.47 Å². The summed E-state index contributed by atoms with van der Waals surface area (Å²) in [5, 5.41) is 4.42. The standard InChI is InChI=1S/C18H27N5O/c1-5-17-19-8-10-23(17)15-7-6-9-22(12-15)18(24)11-16-13(2)20-21(4)14(16)3/h8,10,15H,5-7,9,11-12H2,1-4H3/t15-/m1/s1. The Morgan fingerprint density at radius 2 is 2.17 bits per heavy atom. The summed E-state index contributed by atoms with van der Waals surface area (Å²) in [5.74, 6) is 1.31. The van der Waals surface area contributed by atoms with Gasteiger partial charge in [0.15, 0.2) is 0 Å². The summed E-state index contributed by atoms with van der Waals surface area (Å²) in [7, 11) is 1.93. The van der Waals surface area contributed by atoms with Gasteiger partial charge >= 0.3 is 0 Å². The minimum atomic E-state index is 0.206. The second-order valence-corrected chi connectivity index (χ2v) is 6.69. The molecule has 0 aromatic carbocycles. The highest BCUT2D eigenvalue weighted by atomic mass is 16.2. The molecule has 1 amide bonds. The van der Waals surface area contributed by atoms with Crippen molar-refractivity contribution in [2.45, 2.75) is 52.5 Å². The normalized spacial score (nSPS) is 18.2. The van der Waals surface area contributed by atoms with E-state index in [-0.39, 0.29) is 5.91 Å². The van der Waals surface area contributed by atoms with Crippen LogP contribution in [-0.2, 0) is 24.7 Å². The number of carbonyl (C=O) groups excluding carboxylic acids is 1. The van der Waals surface area contributed by atoms with Gasteiger partial charge in [0.05, 0.1) is 18.2 Å². The number of amides is 1. The monoisotopic (exact) mass is 329 g/mol. The van der Waals surface area contributed by atoms with Gasteiger partial charge in [-0.15, -0.1) is 0 Å². The molecular weight excluding hydrogens is 302 g/mol. The van der Waals surface area contributed by atoms with E-state index in [0.29, 0.717) is 12.5 Å². The topological polar surface area (TPSA) is 56.0 Å². The molecule has 6 nitrogen and oxygen atoms in total. The van der Waals surface area contributed by atoms with Crippen molar-refractivity contribution in [3.63, 3.8) is 0 Å². The van der Waals surface area contributed by atoms with Crippen molar-refractivity contribution in [1.82, 2.24) is 24.2 Å². The van der Waals surface area contributed by atoms with Gasteiger partial charge in [0, 0.05) is 50.2 Å². The summed E-state index contributed by atoms with van der Waals surface area (Å²) >= 11 is 0. The van der Waals surface area contributed by atoms with Crippen LogP contribution in [0.15, 0.2) is 12.4 Å². The number of rotatable bonds is 4. The average Bonchev–Trinajstić information content (AvgIpc) is 3.15. The molecule has 3 heterocycles. The highest BCUT2D eigenvalue weighted by Crippen LogP contribution is 2.24. The fourth-order valence-corrected chi connectivity index (χ4v) is 3.69. The fourth-order valence-electron chi connectivity index (χ4n) is 3.69. The van der Waals surface area contributed by atoms with E-state index in [4.69, 9.17) is 0 Å². The summed E-state index contributed by atoms with van der Waals surface area (Å²) in [6.07, 6.45) is 7.43. The van der Waals surface area contributed by atoms with E-state index in [0.717, 1.165) is 55.1 Å². The number of piperidine rings is 1. The fraction of sp³-hybridized carbons (Fsp3) is 0.611. The third kappa shape index (κ3) is 3.09. The maximum absolute atomic E-state index is 12.8. The van der Waals surface area contributed by atoms with Gasteiger partial charge in [-0.25, -0.2) is 4.98 Å². The summed E-state index contributed by atoms with van der Waals surface area (Å²) < 4.78 is 4.11. The number of aryl methyl sites for hydroxylation is 3. The molecule has 24 heavy (non-hydrogen) atoms. The number of likely N-dealkylation sites (tertiary alicyclic amines) is 1. The van der Waals surface area contributed by atoms with E-state index in [9.17, 15) is 4.79 Å². The van der Waals surface area contributed by atoms with Crippen molar-refractivity contribution in [2.24, 2.45) is 7.05 Å². The van der Waals surface area contributed by atoms with Crippen molar-refractivity contribution in [3.8, 4) is 0 Å². The van der Waals surface area contributed by atoms with E-state index in [1.165, 1.54) is 0 Å². The Labute approximate surface area is 143 Å². The lowest BCUT2D eigenvalue weighted by Gasteiger charge is -2.34. The third-order valence-electron chi connectivity index (χ3n) is 5.19. The van der Waals surface area contributed by atoms with Crippen LogP contribution in [-0.4, -0.2) is 43.2 Å². The first-order valence-corrected chi connectivity index (χ1v) is 8.79. The van der Waals surface area contributed by atoms with Crippen molar-refractivity contribution >= 4 is 5.91 Å². The predicted octanol–water partition coefficient (Wildman–Crippen LogP) is 2.20. The molecule has 1 aliphatic heterocycles. The van der Waals surface area contributed by atoms with Gasteiger partial charge in [0.25, 0.3) is 0 Å². The number of carbonyl (C=O) groups is 1. The molecule has 1 fully saturated rings. The number of hydrogen-bond donors (Lipinski definition) is 0. The highest BCUT2D eigenvalue weighted by molar-refractivity contribution is 5.79. The Morgan fingerprint density at radius 1 is 1.38 bits per heavy atom. The Balaban J connectivity index is 1.71. The van der Waals surface area contributed by atoms with Crippen LogP contribution in [0.1, 0.15) is 48.6 Å². The molecule has 0 spiro atoms. The summed E-state index contributed by atoms with van der Waals surface area (Å²) in [6, 6.07) is 0.344.